The Kier molecular flexibility index (Phi) is 4.07. The smallest absolute Gasteiger partial charge is 0.144 e. The third kappa shape index (κ3) is 2.73. The number of Topliss-reactive ketones (excluding diaryl/α,β-unsaturated/α-hetero) is 1. The van der Waals surface area contributed by atoms with E-state index in [1.54, 1.807) is 0 Å². The summed E-state index contributed by atoms with van der Waals surface area (Å²) >= 11 is 0. The number of hydrogen-bond donors (Lipinski definition) is 1. The fraction of sp³-hybridized carbons (Fsp3) is 0.421. The Bertz CT molecular complexity index is 636. The zero-order valence-electron chi connectivity index (χ0n) is 12.7. The Labute approximate surface area is 126 Å². The third-order valence-electron chi connectivity index (χ3n) is 4.79. The first-order chi connectivity index (χ1) is 10.2. The number of carbonyl (C=O) groups excluding carboxylic acids is 1. The second-order valence-corrected chi connectivity index (χ2v) is 6.20. The van der Waals surface area contributed by atoms with Gasteiger partial charge in [0.2, 0.25) is 0 Å². The highest BCUT2D eigenvalue weighted by molar-refractivity contribution is 5.93. The molecule has 110 valence electrons. The molecule has 0 spiro atoms. The first kappa shape index (κ1) is 14.3. The number of rotatable bonds is 5. The van der Waals surface area contributed by atoms with Crippen LogP contribution >= 0.6 is 0 Å². The average Bonchev–Trinajstić information content (AvgIpc) is 2.98. The lowest BCUT2D eigenvalue weighted by Crippen LogP contribution is -2.34. The van der Waals surface area contributed by atoms with Crippen LogP contribution in [0.1, 0.15) is 31.7 Å². The standard InChI is InChI=1S/C19H23NO/c1-2-10-19(11-12-20-14-19)18(21)13-16-8-5-7-15-6-3-4-9-17(15)16/h3-9,20H,2,10-14H2,1H3. The van der Waals surface area contributed by atoms with Crippen molar-refractivity contribution in [3.05, 3.63) is 48.0 Å². The van der Waals surface area contributed by atoms with Crippen molar-refractivity contribution < 1.29 is 4.79 Å². The topological polar surface area (TPSA) is 29.1 Å². The van der Waals surface area contributed by atoms with Crippen molar-refractivity contribution in [3.63, 3.8) is 0 Å². The second-order valence-electron chi connectivity index (χ2n) is 6.20. The lowest BCUT2D eigenvalue weighted by Gasteiger charge is -2.26. The van der Waals surface area contributed by atoms with E-state index in [1.165, 1.54) is 16.3 Å². The van der Waals surface area contributed by atoms with Crippen LogP contribution in [-0.4, -0.2) is 18.9 Å². The summed E-state index contributed by atoms with van der Waals surface area (Å²) in [5, 5.41) is 5.81. The zero-order valence-corrected chi connectivity index (χ0v) is 12.7. The van der Waals surface area contributed by atoms with E-state index in [0.717, 1.165) is 32.4 Å². The third-order valence-corrected chi connectivity index (χ3v) is 4.79. The molecule has 1 unspecified atom stereocenters. The second kappa shape index (κ2) is 5.98. The molecule has 1 aliphatic heterocycles. The minimum atomic E-state index is -0.133. The van der Waals surface area contributed by atoms with E-state index in [2.05, 4.69) is 48.6 Å². The molecule has 2 heteroatoms. The highest BCUT2D eigenvalue weighted by Gasteiger charge is 2.39. The summed E-state index contributed by atoms with van der Waals surface area (Å²) in [6.45, 7) is 4.00. The van der Waals surface area contributed by atoms with Gasteiger partial charge in [-0.3, -0.25) is 4.79 Å². The van der Waals surface area contributed by atoms with E-state index in [-0.39, 0.29) is 5.41 Å². The van der Waals surface area contributed by atoms with E-state index in [0.29, 0.717) is 12.2 Å². The Morgan fingerprint density at radius 3 is 2.76 bits per heavy atom. The quantitative estimate of drug-likeness (QED) is 0.904. The highest BCUT2D eigenvalue weighted by atomic mass is 16.1. The van der Waals surface area contributed by atoms with Gasteiger partial charge in [0.15, 0.2) is 0 Å². The van der Waals surface area contributed by atoms with Crippen molar-refractivity contribution >= 4 is 16.6 Å². The van der Waals surface area contributed by atoms with Gasteiger partial charge in [-0.25, -0.2) is 0 Å². The lowest BCUT2D eigenvalue weighted by atomic mass is 9.76. The minimum absolute atomic E-state index is 0.133. The molecule has 1 atom stereocenters. The van der Waals surface area contributed by atoms with Crippen molar-refractivity contribution in [2.24, 2.45) is 5.41 Å². The van der Waals surface area contributed by atoms with Gasteiger partial charge < -0.3 is 5.32 Å². The van der Waals surface area contributed by atoms with Crippen LogP contribution in [-0.2, 0) is 11.2 Å². The van der Waals surface area contributed by atoms with Crippen molar-refractivity contribution in [2.45, 2.75) is 32.6 Å². The van der Waals surface area contributed by atoms with Gasteiger partial charge >= 0.3 is 0 Å². The van der Waals surface area contributed by atoms with Crippen LogP contribution in [0.25, 0.3) is 10.8 Å². The van der Waals surface area contributed by atoms with Crippen LogP contribution in [0.2, 0.25) is 0 Å². The predicted octanol–water partition coefficient (Wildman–Crippen LogP) is 3.73. The summed E-state index contributed by atoms with van der Waals surface area (Å²) in [6.07, 6.45) is 3.63. The summed E-state index contributed by atoms with van der Waals surface area (Å²) < 4.78 is 0. The molecule has 21 heavy (non-hydrogen) atoms. The molecular weight excluding hydrogens is 258 g/mol. The number of nitrogens with one attached hydrogen (secondary N) is 1. The van der Waals surface area contributed by atoms with Crippen LogP contribution in [0, 0.1) is 5.41 Å². The maximum atomic E-state index is 12.9. The lowest BCUT2D eigenvalue weighted by molar-refractivity contribution is -0.127. The molecule has 1 aliphatic rings. The minimum Gasteiger partial charge on any atom is -0.316 e. The van der Waals surface area contributed by atoms with Crippen molar-refractivity contribution in [2.75, 3.05) is 13.1 Å². The van der Waals surface area contributed by atoms with Gasteiger partial charge in [0.1, 0.15) is 5.78 Å². The van der Waals surface area contributed by atoms with E-state index < -0.39 is 0 Å². The Morgan fingerprint density at radius 2 is 2.00 bits per heavy atom. The molecule has 0 aromatic heterocycles. The molecule has 0 amide bonds. The Morgan fingerprint density at radius 1 is 1.19 bits per heavy atom. The summed E-state index contributed by atoms with van der Waals surface area (Å²) in [4.78, 5) is 12.9. The molecule has 1 fully saturated rings. The molecule has 3 rings (SSSR count). The van der Waals surface area contributed by atoms with Crippen molar-refractivity contribution in [1.82, 2.24) is 5.32 Å². The highest BCUT2D eigenvalue weighted by Crippen LogP contribution is 2.34. The maximum Gasteiger partial charge on any atom is 0.144 e. The molecule has 2 aromatic carbocycles. The molecule has 0 saturated carbocycles. The normalized spacial score (nSPS) is 21.8. The molecule has 0 bridgehead atoms. The van der Waals surface area contributed by atoms with Crippen LogP contribution in [0.5, 0.6) is 0 Å². The molecule has 1 saturated heterocycles. The number of hydrogen-bond acceptors (Lipinski definition) is 2. The van der Waals surface area contributed by atoms with E-state index in [9.17, 15) is 4.79 Å². The molecule has 2 nitrogen and oxygen atoms in total. The van der Waals surface area contributed by atoms with Gasteiger partial charge in [-0.05, 0) is 35.7 Å². The summed E-state index contributed by atoms with van der Waals surface area (Å²) in [5.74, 6) is 0.408. The van der Waals surface area contributed by atoms with Gasteiger partial charge in [0.05, 0.1) is 0 Å². The molecule has 2 aromatic rings. The monoisotopic (exact) mass is 281 g/mol. The van der Waals surface area contributed by atoms with Gasteiger partial charge in [-0.15, -0.1) is 0 Å². The number of carbonyl (C=O) groups is 1. The number of benzene rings is 2. The fourth-order valence-electron chi connectivity index (χ4n) is 3.62. The van der Waals surface area contributed by atoms with Crippen LogP contribution in [0.3, 0.4) is 0 Å². The van der Waals surface area contributed by atoms with Crippen LogP contribution in [0.15, 0.2) is 42.5 Å². The van der Waals surface area contributed by atoms with Crippen molar-refractivity contribution in [3.8, 4) is 0 Å². The number of fused-ring (bicyclic) bond motifs is 1. The fourth-order valence-corrected chi connectivity index (χ4v) is 3.62. The van der Waals surface area contributed by atoms with E-state index >= 15 is 0 Å². The largest absolute Gasteiger partial charge is 0.316 e. The average molecular weight is 281 g/mol. The van der Waals surface area contributed by atoms with Gasteiger partial charge in [0.25, 0.3) is 0 Å². The van der Waals surface area contributed by atoms with E-state index in [1.807, 2.05) is 6.07 Å². The molecule has 0 aliphatic carbocycles. The predicted molar refractivity (Wildman–Crippen MR) is 87.5 cm³/mol. The molecule has 1 N–H and O–H groups in total. The van der Waals surface area contributed by atoms with Gasteiger partial charge in [-0.1, -0.05) is 55.8 Å². The van der Waals surface area contributed by atoms with Crippen LogP contribution < -0.4 is 5.32 Å². The summed E-state index contributed by atoms with van der Waals surface area (Å²) in [7, 11) is 0. The molecular formula is C19H23NO. The maximum absolute atomic E-state index is 12.9. The van der Waals surface area contributed by atoms with Crippen LogP contribution in [0.4, 0.5) is 0 Å². The zero-order chi connectivity index (χ0) is 14.7. The SMILES string of the molecule is CCCC1(C(=O)Cc2cccc3ccccc23)CCNC1. The Hall–Kier alpha value is -1.67. The van der Waals surface area contributed by atoms with Gasteiger partial charge in [0, 0.05) is 18.4 Å². The van der Waals surface area contributed by atoms with E-state index in [4.69, 9.17) is 0 Å². The first-order valence-corrected chi connectivity index (χ1v) is 7.96. The Balaban J connectivity index is 1.89. The molecule has 0 radical (unpaired) electrons. The number of ketones is 1. The first-order valence-electron chi connectivity index (χ1n) is 7.96. The van der Waals surface area contributed by atoms with Gasteiger partial charge in [-0.2, -0.15) is 0 Å². The molecule has 1 heterocycles. The van der Waals surface area contributed by atoms with Crippen molar-refractivity contribution in [1.29, 1.82) is 0 Å². The summed E-state index contributed by atoms with van der Waals surface area (Å²) in [5.41, 5.74) is 1.03. The summed E-state index contributed by atoms with van der Waals surface area (Å²) in [6, 6.07) is 14.6.